The van der Waals surface area contributed by atoms with Gasteiger partial charge in [0.2, 0.25) is 0 Å². The number of primary amides is 1. The van der Waals surface area contributed by atoms with Crippen molar-refractivity contribution in [2.75, 3.05) is 0 Å². The highest BCUT2D eigenvalue weighted by Crippen LogP contribution is 2.13. The Kier molecular flexibility index (Phi) is 2.73. The van der Waals surface area contributed by atoms with Crippen molar-refractivity contribution in [1.82, 2.24) is 9.97 Å². The molecule has 0 aromatic carbocycles. The van der Waals surface area contributed by atoms with E-state index in [9.17, 15) is 4.79 Å². The minimum absolute atomic E-state index is 0.327. The maximum absolute atomic E-state index is 11.1. The number of nitrogens with two attached hydrogens (primary N) is 1. The summed E-state index contributed by atoms with van der Waals surface area (Å²) in [4.78, 5) is 19.2. The van der Waals surface area contributed by atoms with Crippen molar-refractivity contribution in [3.63, 3.8) is 0 Å². The van der Waals surface area contributed by atoms with E-state index in [1.165, 1.54) is 0 Å². The smallest absolute Gasteiger partial charge is 0.267 e. The molecule has 15 heavy (non-hydrogen) atoms. The molecule has 0 bridgehead atoms. The average Bonchev–Trinajstić information content (AvgIpc) is 2.71. The second-order valence-electron chi connectivity index (χ2n) is 2.98. The second-order valence-corrected chi connectivity index (χ2v) is 3.96. The molecule has 0 spiro atoms. The van der Waals surface area contributed by atoms with Gasteiger partial charge >= 0.3 is 0 Å². The molecule has 4 nitrogen and oxygen atoms in total. The highest BCUT2D eigenvalue weighted by Gasteiger charge is 2.10. The van der Waals surface area contributed by atoms with Gasteiger partial charge in [-0.1, -0.05) is 6.07 Å². The van der Waals surface area contributed by atoms with Gasteiger partial charge < -0.3 is 5.73 Å². The first kappa shape index (κ1) is 9.79. The molecule has 0 atom stereocenters. The Bertz CT molecular complexity index is 467. The molecule has 0 saturated heterocycles. The summed E-state index contributed by atoms with van der Waals surface area (Å²) >= 11 is 1.55. The van der Waals surface area contributed by atoms with E-state index in [1.54, 1.807) is 29.8 Å². The molecule has 76 valence electrons. The molecule has 0 aliphatic heterocycles. The van der Waals surface area contributed by atoms with Gasteiger partial charge in [-0.3, -0.25) is 9.78 Å². The van der Waals surface area contributed by atoms with E-state index in [-0.39, 0.29) is 0 Å². The number of carbonyl (C=O) groups excluding carboxylic acids is 1. The van der Waals surface area contributed by atoms with Crippen LogP contribution in [0.2, 0.25) is 0 Å². The molecule has 0 saturated carbocycles. The molecule has 2 rings (SSSR count). The fourth-order valence-corrected chi connectivity index (χ4v) is 1.95. The quantitative estimate of drug-likeness (QED) is 0.844. The van der Waals surface area contributed by atoms with Crippen LogP contribution in [0.15, 0.2) is 29.9 Å². The normalized spacial score (nSPS) is 10.1. The molecule has 2 heterocycles. The number of carbonyl (C=O) groups is 1. The van der Waals surface area contributed by atoms with E-state index < -0.39 is 5.91 Å². The zero-order valence-electron chi connectivity index (χ0n) is 7.88. The largest absolute Gasteiger partial charge is 0.364 e. The van der Waals surface area contributed by atoms with Crippen molar-refractivity contribution in [3.8, 4) is 0 Å². The molecule has 2 aromatic rings. The third-order valence-electron chi connectivity index (χ3n) is 1.95. The van der Waals surface area contributed by atoms with Gasteiger partial charge in [-0.05, 0) is 11.6 Å². The summed E-state index contributed by atoms with van der Waals surface area (Å²) in [5, 5.41) is 2.85. The summed E-state index contributed by atoms with van der Waals surface area (Å²) < 4.78 is 0. The highest BCUT2D eigenvalue weighted by molar-refractivity contribution is 7.09. The van der Waals surface area contributed by atoms with E-state index in [1.807, 2.05) is 11.4 Å². The van der Waals surface area contributed by atoms with Crippen LogP contribution in [0.5, 0.6) is 0 Å². The number of nitrogens with zero attached hydrogens (tertiary/aromatic N) is 2. The first-order valence-electron chi connectivity index (χ1n) is 4.39. The Balaban J connectivity index is 2.32. The van der Waals surface area contributed by atoms with Crippen molar-refractivity contribution in [3.05, 3.63) is 46.2 Å². The van der Waals surface area contributed by atoms with E-state index in [2.05, 4.69) is 9.97 Å². The van der Waals surface area contributed by atoms with E-state index >= 15 is 0 Å². The minimum Gasteiger partial charge on any atom is -0.364 e. The zero-order valence-corrected chi connectivity index (χ0v) is 8.70. The van der Waals surface area contributed by atoms with Gasteiger partial charge in [-0.2, -0.15) is 0 Å². The van der Waals surface area contributed by atoms with Crippen molar-refractivity contribution in [1.29, 1.82) is 0 Å². The molecule has 2 aromatic heterocycles. The molecule has 5 heteroatoms. The SMILES string of the molecule is NC(=O)c1ncccc1Cc1nccs1. The van der Waals surface area contributed by atoms with E-state index in [4.69, 9.17) is 5.73 Å². The Morgan fingerprint density at radius 1 is 1.40 bits per heavy atom. The Morgan fingerprint density at radius 3 is 2.93 bits per heavy atom. The van der Waals surface area contributed by atoms with Crippen LogP contribution in [0, 0.1) is 0 Å². The first-order valence-corrected chi connectivity index (χ1v) is 5.27. The predicted octanol–water partition coefficient (Wildman–Crippen LogP) is 1.23. The van der Waals surface area contributed by atoms with Crippen molar-refractivity contribution in [2.24, 2.45) is 5.73 Å². The summed E-state index contributed by atoms with van der Waals surface area (Å²) in [6.07, 6.45) is 3.90. The van der Waals surface area contributed by atoms with Crippen LogP contribution < -0.4 is 5.73 Å². The van der Waals surface area contributed by atoms with E-state index in [0.29, 0.717) is 12.1 Å². The number of thiazole rings is 1. The molecule has 0 unspecified atom stereocenters. The summed E-state index contributed by atoms with van der Waals surface area (Å²) in [5.74, 6) is -0.498. The predicted molar refractivity (Wildman–Crippen MR) is 57.7 cm³/mol. The van der Waals surface area contributed by atoms with Crippen LogP contribution in [-0.4, -0.2) is 15.9 Å². The summed E-state index contributed by atoms with van der Waals surface area (Å²) in [6, 6.07) is 3.63. The highest BCUT2D eigenvalue weighted by atomic mass is 32.1. The molecular weight excluding hydrogens is 210 g/mol. The van der Waals surface area contributed by atoms with Crippen LogP contribution in [-0.2, 0) is 6.42 Å². The molecular formula is C10H9N3OS. The fourth-order valence-electron chi connectivity index (χ4n) is 1.31. The first-order chi connectivity index (χ1) is 7.27. The van der Waals surface area contributed by atoms with Crippen LogP contribution in [0.25, 0.3) is 0 Å². The Hall–Kier alpha value is -1.75. The molecule has 2 N–H and O–H groups in total. The minimum atomic E-state index is -0.498. The van der Waals surface area contributed by atoms with Crippen LogP contribution in [0.1, 0.15) is 21.1 Å². The van der Waals surface area contributed by atoms with Crippen LogP contribution in [0.3, 0.4) is 0 Å². The Labute approximate surface area is 90.8 Å². The lowest BCUT2D eigenvalue weighted by Gasteiger charge is -2.02. The van der Waals surface area contributed by atoms with Crippen LogP contribution in [0.4, 0.5) is 0 Å². The van der Waals surface area contributed by atoms with Gasteiger partial charge in [0.25, 0.3) is 5.91 Å². The van der Waals surface area contributed by atoms with Crippen molar-refractivity contribution >= 4 is 17.2 Å². The summed E-state index contributed by atoms with van der Waals surface area (Å²) in [7, 11) is 0. The van der Waals surface area contributed by atoms with Gasteiger partial charge in [0.1, 0.15) is 5.69 Å². The van der Waals surface area contributed by atoms with Gasteiger partial charge in [0.05, 0.1) is 5.01 Å². The Morgan fingerprint density at radius 2 is 2.27 bits per heavy atom. The third-order valence-corrected chi connectivity index (χ3v) is 2.73. The van der Waals surface area contributed by atoms with Gasteiger partial charge in [0.15, 0.2) is 0 Å². The number of rotatable bonds is 3. The number of aromatic nitrogens is 2. The topological polar surface area (TPSA) is 68.9 Å². The average molecular weight is 219 g/mol. The fraction of sp³-hybridized carbons (Fsp3) is 0.100. The third kappa shape index (κ3) is 2.19. The zero-order chi connectivity index (χ0) is 10.7. The summed E-state index contributed by atoms with van der Waals surface area (Å²) in [6.45, 7) is 0. The molecule has 0 fully saturated rings. The number of amides is 1. The maximum Gasteiger partial charge on any atom is 0.267 e. The maximum atomic E-state index is 11.1. The lowest BCUT2D eigenvalue weighted by atomic mass is 10.1. The molecule has 0 radical (unpaired) electrons. The molecule has 0 aliphatic rings. The standard InChI is InChI=1S/C10H9N3OS/c11-10(14)9-7(2-1-3-13-9)6-8-12-4-5-15-8/h1-5H,6H2,(H2,11,14). The van der Waals surface area contributed by atoms with Gasteiger partial charge in [0, 0.05) is 24.2 Å². The summed E-state index contributed by atoms with van der Waals surface area (Å²) in [5.41, 5.74) is 6.37. The van der Waals surface area contributed by atoms with Gasteiger partial charge in [-0.25, -0.2) is 4.98 Å². The number of pyridine rings is 1. The van der Waals surface area contributed by atoms with Gasteiger partial charge in [-0.15, -0.1) is 11.3 Å². The number of hydrogen-bond donors (Lipinski definition) is 1. The number of hydrogen-bond acceptors (Lipinski definition) is 4. The lowest BCUT2D eigenvalue weighted by molar-refractivity contribution is 0.0995. The van der Waals surface area contributed by atoms with Crippen molar-refractivity contribution in [2.45, 2.75) is 6.42 Å². The molecule has 1 amide bonds. The van der Waals surface area contributed by atoms with Crippen molar-refractivity contribution < 1.29 is 4.79 Å². The second kappa shape index (κ2) is 4.18. The van der Waals surface area contributed by atoms with E-state index in [0.717, 1.165) is 10.6 Å². The van der Waals surface area contributed by atoms with Crippen LogP contribution >= 0.6 is 11.3 Å². The monoisotopic (exact) mass is 219 g/mol. The lowest BCUT2D eigenvalue weighted by Crippen LogP contribution is -2.15. The molecule has 0 aliphatic carbocycles.